The van der Waals surface area contributed by atoms with Crippen molar-refractivity contribution in [3.05, 3.63) is 267 Å². The molecule has 2 aromatic heterocycles. The van der Waals surface area contributed by atoms with Gasteiger partial charge in [-0.15, -0.1) is 0 Å². The highest BCUT2D eigenvalue weighted by Crippen LogP contribution is 2.49. The van der Waals surface area contributed by atoms with Crippen molar-refractivity contribution < 1.29 is 8.83 Å². The minimum Gasteiger partial charge on any atom is -0.456 e. The van der Waals surface area contributed by atoms with E-state index in [0.717, 1.165) is 117 Å². The van der Waals surface area contributed by atoms with Crippen molar-refractivity contribution in [2.75, 3.05) is 9.80 Å². The number of para-hydroxylation sites is 2. The van der Waals surface area contributed by atoms with E-state index < -0.39 is 0 Å². The van der Waals surface area contributed by atoms with Crippen LogP contribution >= 0.6 is 0 Å². The smallest absolute Gasteiger partial charge is 0.143 e. The maximum absolute atomic E-state index is 6.81. The summed E-state index contributed by atoms with van der Waals surface area (Å²) >= 11 is 0. The molecular weight excluding hydrogens is 877 g/mol. The second-order valence-corrected chi connectivity index (χ2v) is 18.4. The molecule has 14 aromatic rings. The zero-order chi connectivity index (χ0) is 47.5. The molecular formula is C68H44N2O2. The van der Waals surface area contributed by atoms with E-state index in [9.17, 15) is 0 Å². The average Bonchev–Trinajstić information content (AvgIpc) is 4.04. The van der Waals surface area contributed by atoms with Crippen molar-refractivity contribution in [3.63, 3.8) is 0 Å². The van der Waals surface area contributed by atoms with Gasteiger partial charge in [0, 0.05) is 38.8 Å². The van der Waals surface area contributed by atoms with E-state index in [-0.39, 0.29) is 0 Å². The molecule has 0 amide bonds. The number of anilines is 6. The molecule has 14 rings (SSSR count). The summed E-state index contributed by atoms with van der Waals surface area (Å²) in [6.45, 7) is 0. The molecule has 338 valence electrons. The van der Waals surface area contributed by atoms with Crippen molar-refractivity contribution in [1.29, 1.82) is 0 Å². The topological polar surface area (TPSA) is 32.8 Å². The van der Waals surface area contributed by atoms with Crippen molar-refractivity contribution >= 4 is 99.5 Å². The fourth-order valence-corrected chi connectivity index (χ4v) is 10.9. The van der Waals surface area contributed by atoms with E-state index in [1.54, 1.807) is 0 Å². The third-order valence-corrected chi connectivity index (χ3v) is 14.2. The van der Waals surface area contributed by atoms with Gasteiger partial charge in [0.25, 0.3) is 0 Å². The van der Waals surface area contributed by atoms with Gasteiger partial charge in [0.1, 0.15) is 22.3 Å². The van der Waals surface area contributed by atoms with E-state index in [1.807, 2.05) is 6.07 Å². The molecule has 0 unspecified atom stereocenters. The Hall–Kier alpha value is -9.64. The van der Waals surface area contributed by atoms with Gasteiger partial charge in [0.2, 0.25) is 0 Å². The van der Waals surface area contributed by atoms with Crippen LogP contribution in [0, 0.1) is 0 Å². The van der Waals surface area contributed by atoms with Gasteiger partial charge in [0.15, 0.2) is 0 Å². The van der Waals surface area contributed by atoms with E-state index >= 15 is 0 Å². The van der Waals surface area contributed by atoms with Crippen LogP contribution in [0.4, 0.5) is 34.1 Å². The second-order valence-electron chi connectivity index (χ2n) is 18.4. The zero-order valence-electron chi connectivity index (χ0n) is 39.1. The second kappa shape index (κ2) is 17.1. The Labute approximate surface area is 416 Å². The average molecular weight is 921 g/mol. The maximum atomic E-state index is 6.81. The fourth-order valence-electron chi connectivity index (χ4n) is 10.9. The van der Waals surface area contributed by atoms with Crippen molar-refractivity contribution in [2.24, 2.45) is 0 Å². The highest BCUT2D eigenvalue weighted by molar-refractivity contribution is 6.20. The molecule has 0 atom stereocenters. The minimum absolute atomic E-state index is 0.840. The Kier molecular flexibility index (Phi) is 9.82. The van der Waals surface area contributed by atoms with Gasteiger partial charge in [0.05, 0.1) is 27.8 Å². The summed E-state index contributed by atoms with van der Waals surface area (Å²) in [7, 11) is 0. The molecule has 0 saturated heterocycles. The number of fused-ring (bicyclic) bond motifs is 9. The Morgan fingerprint density at radius 3 is 1.60 bits per heavy atom. The van der Waals surface area contributed by atoms with E-state index in [1.165, 1.54) is 16.3 Å². The molecule has 0 bridgehead atoms. The molecule has 0 aliphatic heterocycles. The molecule has 2 heterocycles. The molecule has 12 aromatic carbocycles. The first-order chi connectivity index (χ1) is 35.7. The predicted octanol–water partition coefficient (Wildman–Crippen LogP) is 19.7. The lowest BCUT2D eigenvalue weighted by Crippen LogP contribution is -2.12. The SMILES string of the molecule is c1ccc(-c2ccc(N(c3ccccc3-c3cccc(N(c4cccc(-c5ccc6ccccc6c5)c4)c4cccc5oc6ccccc6c45)c3)c3cccc4oc5c6ccccc6ccc5c34)cc2)cc1. The maximum Gasteiger partial charge on any atom is 0.143 e. The van der Waals surface area contributed by atoms with E-state index in [0.29, 0.717) is 0 Å². The molecule has 0 fully saturated rings. The van der Waals surface area contributed by atoms with Crippen molar-refractivity contribution in [3.8, 4) is 33.4 Å². The van der Waals surface area contributed by atoms with E-state index in [4.69, 9.17) is 8.83 Å². The van der Waals surface area contributed by atoms with Crippen LogP contribution in [0.15, 0.2) is 276 Å². The molecule has 0 spiro atoms. The molecule has 0 saturated carbocycles. The number of benzene rings is 12. The fraction of sp³-hybridized carbons (Fsp3) is 0. The van der Waals surface area contributed by atoms with Crippen LogP contribution in [0.1, 0.15) is 0 Å². The number of furan rings is 2. The minimum atomic E-state index is 0.840. The van der Waals surface area contributed by atoms with Crippen molar-refractivity contribution in [1.82, 2.24) is 0 Å². The Bertz CT molecular complexity index is 4360. The van der Waals surface area contributed by atoms with E-state index in [2.05, 4.69) is 271 Å². The molecule has 72 heavy (non-hydrogen) atoms. The van der Waals surface area contributed by atoms with Gasteiger partial charge in [-0.1, -0.05) is 182 Å². The summed E-state index contributed by atoms with van der Waals surface area (Å²) in [5.41, 5.74) is 16.4. The first-order valence-corrected chi connectivity index (χ1v) is 24.5. The largest absolute Gasteiger partial charge is 0.456 e. The first kappa shape index (κ1) is 41.3. The lowest BCUT2D eigenvalue weighted by molar-refractivity contribution is 0.669. The third kappa shape index (κ3) is 7.00. The molecule has 4 nitrogen and oxygen atoms in total. The zero-order valence-corrected chi connectivity index (χ0v) is 39.1. The lowest BCUT2D eigenvalue weighted by Gasteiger charge is -2.30. The number of hydrogen-bond acceptors (Lipinski definition) is 4. The summed E-state index contributed by atoms with van der Waals surface area (Å²) < 4.78 is 13.3. The normalized spacial score (nSPS) is 11.6. The summed E-state index contributed by atoms with van der Waals surface area (Å²) in [4.78, 5) is 4.80. The van der Waals surface area contributed by atoms with Gasteiger partial charge in [-0.25, -0.2) is 0 Å². The molecule has 0 radical (unpaired) electrons. The summed E-state index contributed by atoms with van der Waals surface area (Å²) in [5, 5.41) is 8.96. The molecule has 0 aliphatic carbocycles. The predicted molar refractivity (Wildman–Crippen MR) is 302 cm³/mol. The lowest BCUT2D eigenvalue weighted by atomic mass is 9.98. The first-order valence-electron chi connectivity index (χ1n) is 24.5. The van der Waals surface area contributed by atoms with Crippen LogP contribution in [0.5, 0.6) is 0 Å². The quantitative estimate of drug-likeness (QED) is 0.144. The standard InChI is InChI=1S/C68H44N2O2/c1-2-16-45(17-3-1)47-36-39-53(40-37-47)70(62-30-15-33-65-67(62)59-41-38-48-19-6-7-26-57(48)68(59)72-65)60-28-10-8-25-56(60)52-22-13-24-55(44-52)69(61-29-14-32-64-66(61)58-27-9-11-31-63(58)71-64)54-23-12-21-50(43-54)51-35-34-46-18-4-5-20-49(46)42-51/h1-44H. The van der Waals surface area contributed by atoms with Crippen LogP contribution in [0.2, 0.25) is 0 Å². The van der Waals surface area contributed by atoms with Gasteiger partial charge in [-0.2, -0.15) is 0 Å². The highest BCUT2D eigenvalue weighted by atomic mass is 16.3. The van der Waals surface area contributed by atoms with Crippen LogP contribution in [-0.2, 0) is 0 Å². The molecule has 0 N–H and O–H groups in total. The number of rotatable bonds is 9. The summed E-state index contributed by atoms with van der Waals surface area (Å²) in [6.07, 6.45) is 0. The Morgan fingerprint density at radius 1 is 0.250 bits per heavy atom. The Balaban J connectivity index is 0.968. The van der Waals surface area contributed by atoms with Gasteiger partial charge in [-0.05, 0) is 129 Å². The van der Waals surface area contributed by atoms with Crippen LogP contribution < -0.4 is 9.80 Å². The van der Waals surface area contributed by atoms with Gasteiger partial charge in [-0.3, -0.25) is 0 Å². The van der Waals surface area contributed by atoms with Gasteiger partial charge < -0.3 is 18.6 Å². The highest BCUT2D eigenvalue weighted by Gasteiger charge is 2.25. The summed E-state index contributed by atoms with van der Waals surface area (Å²) in [5.74, 6) is 0. The van der Waals surface area contributed by atoms with Crippen LogP contribution in [0.25, 0.3) is 98.8 Å². The van der Waals surface area contributed by atoms with Gasteiger partial charge >= 0.3 is 0 Å². The van der Waals surface area contributed by atoms with Crippen LogP contribution in [-0.4, -0.2) is 0 Å². The molecule has 0 aliphatic rings. The van der Waals surface area contributed by atoms with Crippen molar-refractivity contribution in [2.45, 2.75) is 0 Å². The monoisotopic (exact) mass is 920 g/mol. The number of nitrogens with zero attached hydrogens (tertiary/aromatic N) is 2. The third-order valence-electron chi connectivity index (χ3n) is 14.2. The summed E-state index contributed by atoms with van der Waals surface area (Å²) in [6, 6.07) is 95.5. The van der Waals surface area contributed by atoms with Crippen LogP contribution in [0.3, 0.4) is 0 Å². The number of hydrogen-bond donors (Lipinski definition) is 0. The Morgan fingerprint density at radius 2 is 0.778 bits per heavy atom. The molecule has 4 heteroatoms.